The van der Waals surface area contributed by atoms with Crippen LogP contribution < -0.4 is 15.0 Å². The number of rotatable bonds is 5. The fourth-order valence-electron chi connectivity index (χ4n) is 4.01. The lowest BCUT2D eigenvalue weighted by Gasteiger charge is -2.34. The minimum atomic E-state index is -4.84. The van der Waals surface area contributed by atoms with E-state index in [1.807, 2.05) is 12.1 Å². The SMILES string of the molecule is CN1CCN(c2ccc(Nc3ccc4ncc(-c5cc(OC(F)(F)F)ccc5O)n4n3)cc2)CC1. The molecule has 0 radical (unpaired) electrons. The summed E-state index contributed by atoms with van der Waals surface area (Å²) in [5, 5.41) is 18.1. The number of ether oxygens (including phenoxy) is 1. The van der Waals surface area contributed by atoms with Crippen LogP contribution in [0, 0.1) is 0 Å². The fraction of sp³-hybridized carbons (Fsp3) is 0.250. The largest absolute Gasteiger partial charge is 0.573 e. The minimum Gasteiger partial charge on any atom is -0.507 e. The Morgan fingerprint density at radius 2 is 1.71 bits per heavy atom. The molecule has 2 N–H and O–H groups in total. The predicted molar refractivity (Wildman–Crippen MR) is 126 cm³/mol. The average Bonchev–Trinajstić information content (AvgIpc) is 3.24. The van der Waals surface area contributed by atoms with Crippen molar-refractivity contribution in [2.75, 3.05) is 43.4 Å². The van der Waals surface area contributed by atoms with Gasteiger partial charge in [-0.05, 0) is 61.6 Å². The molecule has 4 aromatic rings. The number of phenols is 1. The monoisotopic (exact) mass is 484 g/mol. The van der Waals surface area contributed by atoms with Crippen LogP contribution in [0.15, 0.2) is 60.8 Å². The molecule has 3 heterocycles. The van der Waals surface area contributed by atoms with E-state index in [1.54, 1.807) is 12.1 Å². The molecule has 0 unspecified atom stereocenters. The van der Waals surface area contributed by atoms with Crippen molar-refractivity contribution in [3.8, 4) is 22.8 Å². The molecule has 0 saturated carbocycles. The smallest absolute Gasteiger partial charge is 0.507 e. The van der Waals surface area contributed by atoms with E-state index in [9.17, 15) is 18.3 Å². The maximum absolute atomic E-state index is 12.6. The van der Waals surface area contributed by atoms with Gasteiger partial charge < -0.3 is 25.0 Å². The molecule has 1 saturated heterocycles. The van der Waals surface area contributed by atoms with Gasteiger partial charge in [-0.15, -0.1) is 18.3 Å². The molecule has 0 aliphatic carbocycles. The number of halogens is 3. The van der Waals surface area contributed by atoms with Crippen LogP contribution in [0.1, 0.15) is 0 Å². The third-order valence-electron chi connectivity index (χ3n) is 5.85. The van der Waals surface area contributed by atoms with Crippen molar-refractivity contribution in [3.05, 3.63) is 60.8 Å². The van der Waals surface area contributed by atoms with Crippen LogP contribution in [0.3, 0.4) is 0 Å². The van der Waals surface area contributed by atoms with Gasteiger partial charge in [-0.3, -0.25) is 0 Å². The second-order valence-electron chi connectivity index (χ2n) is 8.32. The van der Waals surface area contributed by atoms with Gasteiger partial charge in [0, 0.05) is 43.1 Å². The molecule has 1 aliphatic rings. The predicted octanol–water partition coefficient (Wildman–Crippen LogP) is 4.50. The Morgan fingerprint density at radius 3 is 2.43 bits per heavy atom. The second-order valence-corrected chi connectivity index (χ2v) is 8.32. The maximum Gasteiger partial charge on any atom is 0.573 e. The molecule has 2 aromatic heterocycles. The summed E-state index contributed by atoms with van der Waals surface area (Å²) in [6.07, 6.45) is -3.41. The number of hydrogen-bond acceptors (Lipinski definition) is 7. The van der Waals surface area contributed by atoms with Crippen LogP contribution in [0.2, 0.25) is 0 Å². The van der Waals surface area contributed by atoms with Crippen LogP contribution in [-0.4, -0.2) is 64.2 Å². The molecule has 5 rings (SSSR count). The van der Waals surface area contributed by atoms with Crippen molar-refractivity contribution >= 4 is 22.8 Å². The molecule has 0 bridgehead atoms. The summed E-state index contributed by atoms with van der Waals surface area (Å²) >= 11 is 0. The number of imidazole rings is 1. The van der Waals surface area contributed by atoms with Gasteiger partial charge in [0.05, 0.1) is 11.9 Å². The van der Waals surface area contributed by atoms with Crippen molar-refractivity contribution < 1.29 is 23.0 Å². The highest BCUT2D eigenvalue weighted by Gasteiger charge is 2.31. The molecule has 0 atom stereocenters. The first-order chi connectivity index (χ1) is 16.7. The van der Waals surface area contributed by atoms with Crippen molar-refractivity contribution in [1.29, 1.82) is 0 Å². The number of anilines is 3. The van der Waals surface area contributed by atoms with Gasteiger partial charge in [0.25, 0.3) is 0 Å². The number of benzene rings is 2. The number of hydrogen-bond donors (Lipinski definition) is 2. The molecule has 8 nitrogen and oxygen atoms in total. The lowest BCUT2D eigenvalue weighted by molar-refractivity contribution is -0.274. The number of nitrogens with zero attached hydrogens (tertiary/aromatic N) is 5. The Morgan fingerprint density at radius 1 is 0.971 bits per heavy atom. The van der Waals surface area contributed by atoms with Crippen molar-refractivity contribution in [2.45, 2.75) is 6.36 Å². The van der Waals surface area contributed by atoms with E-state index < -0.39 is 12.1 Å². The molecular weight excluding hydrogens is 461 g/mol. The molecule has 2 aromatic carbocycles. The van der Waals surface area contributed by atoms with E-state index in [1.165, 1.54) is 10.7 Å². The number of aromatic hydroxyl groups is 1. The molecule has 0 spiro atoms. The average molecular weight is 484 g/mol. The van der Waals surface area contributed by atoms with Gasteiger partial charge in [0.1, 0.15) is 11.5 Å². The highest BCUT2D eigenvalue weighted by atomic mass is 19.4. The summed E-state index contributed by atoms with van der Waals surface area (Å²) in [7, 11) is 2.12. The fourth-order valence-corrected chi connectivity index (χ4v) is 4.01. The van der Waals surface area contributed by atoms with E-state index in [2.05, 4.69) is 49.1 Å². The highest BCUT2D eigenvalue weighted by Crippen LogP contribution is 2.35. The minimum absolute atomic E-state index is 0.112. The van der Waals surface area contributed by atoms with Crippen LogP contribution >= 0.6 is 0 Å². The van der Waals surface area contributed by atoms with E-state index in [0.29, 0.717) is 17.2 Å². The third-order valence-corrected chi connectivity index (χ3v) is 5.85. The Bertz CT molecular complexity index is 1330. The number of phenolic OH excluding ortho intramolecular Hbond substituents is 1. The van der Waals surface area contributed by atoms with E-state index in [4.69, 9.17) is 0 Å². The summed E-state index contributed by atoms with van der Waals surface area (Å²) in [5.41, 5.74) is 2.89. The topological polar surface area (TPSA) is 78.2 Å². The lowest BCUT2D eigenvalue weighted by Crippen LogP contribution is -2.44. The summed E-state index contributed by atoms with van der Waals surface area (Å²) in [5.74, 6) is -0.165. The zero-order chi connectivity index (χ0) is 24.6. The first-order valence-electron chi connectivity index (χ1n) is 11.0. The Kier molecular flexibility index (Phi) is 5.85. The number of likely N-dealkylation sites (N-methyl/N-ethyl adjacent to an activating group) is 1. The van der Waals surface area contributed by atoms with Gasteiger partial charge >= 0.3 is 6.36 Å². The standard InChI is InChI=1S/C24H23F3N6O2/c1-31-10-12-32(13-11-31)17-4-2-16(3-5-17)29-22-8-9-23-28-15-20(33(23)30-22)19-14-18(6-7-21(19)34)35-24(25,26)27/h2-9,14-15,34H,10-13H2,1H3,(H,29,30). The van der Waals surface area contributed by atoms with E-state index in [-0.39, 0.29) is 11.3 Å². The molecule has 0 amide bonds. The number of alkyl halides is 3. The van der Waals surface area contributed by atoms with Gasteiger partial charge in [0.2, 0.25) is 0 Å². The zero-order valence-corrected chi connectivity index (χ0v) is 18.8. The normalized spacial score (nSPS) is 14.9. The van der Waals surface area contributed by atoms with Crippen LogP contribution in [0.4, 0.5) is 30.4 Å². The Balaban J connectivity index is 1.39. The Hall–Kier alpha value is -3.99. The summed E-state index contributed by atoms with van der Waals surface area (Å²) < 4.78 is 43.4. The third kappa shape index (κ3) is 5.09. The highest BCUT2D eigenvalue weighted by molar-refractivity contribution is 5.71. The van der Waals surface area contributed by atoms with E-state index in [0.717, 1.165) is 55.8 Å². The van der Waals surface area contributed by atoms with Gasteiger partial charge in [0.15, 0.2) is 11.5 Å². The van der Waals surface area contributed by atoms with Crippen LogP contribution in [-0.2, 0) is 0 Å². The molecule has 182 valence electrons. The molecule has 11 heteroatoms. The van der Waals surface area contributed by atoms with Gasteiger partial charge in [-0.2, -0.15) is 0 Å². The molecule has 1 fully saturated rings. The van der Waals surface area contributed by atoms with Crippen molar-refractivity contribution in [2.24, 2.45) is 0 Å². The summed E-state index contributed by atoms with van der Waals surface area (Å²) in [6.45, 7) is 4.01. The van der Waals surface area contributed by atoms with Gasteiger partial charge in [-0.25, -0.2) is 9.50 Å². The quantitative estimate of drug-likeness (QED) is 0.432. The summed E-state index contributed by atoms with van der Waals surface area (Å²) in [4.78, 5) is 8.89. The molecular formula is C24H23F3N6O2. The first kappa shape index (κ1) is 22.8. The molecule has 35 heavy (non-hydrogen) atoms. The molecule has 1 aliphatic heterocycles. The van der Waals surface area contributed by atoms with Crippen LogP contribution in [0.25, 0.3) is 16.9 Å². The second kappa shape index (κ2) is 8.99. The first-order valence-corrected chi connectivity index (χ1v) is 11.0. The number of piperazine rings is 1. The van der Waals surface area contributed by atoms with Crippen LogP contribution in [0.5, 0.6) is 11.5 Å². The number of fused-ring (bicyclic) bond motifs is 1. The summed E-state index contributed by atoms with van der Waals surface area (Å²) in [6, 6.07) is 14.8. The number of nitrogens with one attached hydrogen (secondary N) is 1. The van der Waals surface area contributed by atoms with Crippen molar-refractivity contribution in [1.82, 2.24) is 19.5 Å². The lowest BCUT2D eigenvalue weighted by atomic mass is 10.1. The maximum atomic E-state index is 12.6. The zero-order valence-electron chi connectivity index (χ0n) is 18.8. The van der Waals surface area contributed by atoms with E-state index >= 15 is 0 Å². The van der Waals surface area contributed by atoms with Gasteiger partial charge in [-0.1, -0.05) is 0 Å². The Labute approximate surface area is 199 Å². The number of aromatic nitrogens is 3. The van der Waals surface area contributed by atoms with Crippen molar-refractivity contribution in [3.63, 3.8) is 0 Å².